The van der Waals surface area contributed by atoms with Crippen molar-refractivity contribution in [2.75, 3.05) is 0 Å². The number of tetrazole rings is 1. The molecule has 0 saturated carbocycles. The molecule has 0 saturated heterocycles. The Hall–Kier alpha value is -2.59. The summed E-state index contributed by atoms with van der Waals surface area (Å²) in [5.41, 5.74) is -4.93. The number of hydrogen-bond donors (Lipinski definition) is 1. The Morgan fingerprint density at radius 2 is 1.92 bits per heavy atom. The molecule has 0 bridgehead atoms. The first-order chi connectivity index (χ1) is 12.2. The van der Waals surface area contributed by atoms with Crippen molar-refractivity contribution >= 4 is 11.6 Å². The normalized spacial score (nSPS) is 14.2. The number of rotatable bonds is 5. The lowest BCUT2D eigenvalue weighted by molar-refractivity contribution is -0.207. The number of alkyl halides is 2. The first kappa shape index (κ1) is 18.2. The van der Waals surface area contributed by atoms with Gasteiger partial charge in [-0.25, -0.2) is 13.5 Å². The molecule has 0 spiro atoms. The van der Waals surface area contributed by atoms with Crippen molar-refractivity contribution in [3.63, 3.8) is 0 Å². The van der Waals surface area contributed by atoms with Gasteiger partial charge >= 0.3 is 5.92 Å². The van der Waals surface area contributed by atoms with E-state index in [2.05, 4.69) is 20.5 Å². The SMILES string of the molecule is OC(Cn1cnnn1)(c1ccc(F)cc1F)C(F)(F)c1cc(Cl)ccn1. The van der Waals surface area contributed by atoms with Gasteiger partial charge in [0, 0.05) is 22.8 Å². The number of nitrogens with zero attached hydrogens (tertiary/aromatic N) is 5. The molecule has 0 aliphatic heterocycles. The van der Waals surface area contributed by atoms with Crippen LogP contribution in [-0.2, 0) is 18.1 Å². The lowest BCUT2D eigenvalue weighted by Crippen LogP contribution is -2.48. The Bertz CT molecular complexity index is 924. The van der Waals surface area contributed by atoms with Crippen LogP contribution in [0.15, 0.2) is 42.9 Å². The highest BCUT2D eigenvalue weighted by Crippen LogP contribution is 2.46. The number of pyridine rings is 1. The summed E-state index contributed by atoms with van der Waals surface area (Å²) in [6.45, 7) is -0.927. The molecule has 0 radical (unpaired) electrons. The predicted octanol–water partition coefficient (Wildman–Crippen LogP) is 2.68. The van der Waals surface area contributed by atoms with Crippen molar-refractivity contribution in [1.29, 1.82) is 0 Å². The van der Waals surface area contributed by atoms with Crippen LogP contribution in [0, 0.1) is 11.6 Å². The number of hydrogen-bond acceptors (Lipinski definition) is 5. The highest BCUT2D eigenvalue weighted by molar-refractivity contribution is 6.30. The Labute approximate surface area is 149 Å². The van der Waals surface area contributed by atoms with E-state index in [0.29, 0.717) is 6.07 Å². The van der Waals surface area contributed by atoms with Crippen LogP contribution in [0.3, 0.4) is 0 Å². The summed E-state index contributed by atoms with van der Waals surface area (Å²) >= 11 is 5.73. The molecule has 3 rings (SSSR count). The van der Waals surface area contributed by atoms with Gasteiger partial charge < -0.3 is 5.11 Å². The summed E-state index contributed by atoms with van der Waals surface area (Å²) in [6, 6.07) is 3.98. The summed E-state index contributed by atoms with van der Waals surface area (Å²) in [7, 11) is 0. The van der Waals surface area contributed by atoms with Crippen LogP contribution in [0.2, 0.25) is 5.02 Å². The summed E-state index contributed by atoms with van der Waals surface area (Å²) in [5.74, 6) is -6.47. The summed E-state index contributed by atoms with van der Waals surface area (Å²) in [5, 5.41) is 20.8. The molecule has 0 aliphatic rings. The number of halogens is 5. The van der Waals surface area contributed by atoms with E-state index in [0.717, 1.165) is 35.4 Å². The molecule has 3 aromatic rings. The van der Waals surface area contributed by atoms with Crippen molar-refractivity contribution < 1.29 is 22.7 Å². The van der Waals surface area contributed by atoms with Gasteiger partial charge in [-0.2, -0.15) is 8.78 Å². The van der Waals surface area contributed by atoms with Crippen LogP contribution in [0.4, 0.5) is 17.6 Å². The lowest BCUT2D eigenvalue weighted by Gasteiger charge is -2.35. The average Bonchev–Trinajstić information content (AvgIpc) is 3.07. The fourth-order valence-corrected chi connectivity index (χ4v) is 2.61. The maximum Gasteiger partial charge on any atom is 0.323 e. The molecule has 1 atom stereocenters. The fourth-order valence-electron chi connectivity index (χ4n) is 2.45. The van der Waals surface area contributed by atoms with E-state index in [1.165, 1.54) is 6.07 Å². The van der Waals surface area contributed by atoms with Crippen LogP contribution in [0.5, 0.6) is 0 Å². The standard InChI is InChI=1S/C15H10ClF4N5O/c16-9-3-4-21-13(5-9)15(19,20)14(26,7-25-8-22-23-24-25)11-2-1-10(17)6-12(11)18/h1-6,8,26H,7H2. The molecule has 1 aromatic carbocycles. The first-order valence-corrected chi connectivity index (χ1v) is 7.50. The molecule has 0 aliphatic carbocycles. The van der Waals surface area contributed by atoms with Gasteiger partial charge in [0.25, 0.3) is 0 Å². The monoisotopic (exact) mass is 387 g/mol. The Kier molecular flexibility index (Phi) is 4.63. The van der Waals surface area contributed by atoms with Gasteiger partial charge in [-0.15, -0.1) is 5.10 Å². The second kappa shape index (κ2) is 6.61. The summed E-state index contributed by atoms with van der Waals surface area (Å²) in [6.07, 6.45) is 1.98. The van der Waals surface area contributed by atoms with E-state index in [-0.39, 0.29) is 5.02 Å². The van der Waals surface area contributed by atoms with E-state index in [9.17, 15) is 13.9 Å². The minimum absolute atomic E-state index is 0.0565. The second-order valence-corrected chi connectivity index (χ2v) is 5.86. The third-order valence-corrected chi connectivity index (χ3v) is 3.96. The van der Waals surface area contributed by atoms with E-state index < -0.39 is 41.0 Å². The van der Waals surface area contributed by atoms with Gasteiger partial charge in [0.1, 0.15) is 23.7 Å². The largest absolute Gasteiger partial charge is 0.377 e. The molecule has 0 amide bonds. The molecule has 0 fully saturated rings. The van der Waals surface area contributed by atoms with Crippen molar-refractivity contribution in [3.05, 3.63) is 70.8 Å². The van der Waals surface area contributed by atoms with Crippen LogP contribution >= 0.6 is 11.6 Å². The molecule has 26 heavy (non-hydrogen) atoms. The van der Waals surface area contributed by atoms with Gasteiger partial charge in [0.15, 0.2) is 5.60 Å². The maximum atomic E-state index is 15.2. The quantitative estimate of drug-likeness (QED) is 0.681. The number of benzene rings is 1. The maximum absolute atomic E-state index is 15.2. The van der Waals surface area contributed by atoms with Gasteiger partial charge in [-0.05, 0) is 34.7 Å². The highest BCUT2D eigenvalue weighted by Gasteiger charge is 2.58. The predicted molar refractivity (Wildman–Crippen MR) is 81.2 cm³/mol. The molecular weight excluding hydrogens is 378 g/mol. The molecule has 2 aromatic heterocycles. The van der Waals surface area contributed by atoms with Crippen molar-refractivity contribution in [1.82, 2.24) is 25.2 Å². The van der Waals surface area contributed by atoms with E-state index in [4.69, 9.17) is 11.6 Å². The zero-order valence-corrected chi connectivity index (χ0v) is 13.6. The van der Waals surface area contributed by atoms with Gasteiger partial charge in [-0.1, -0.05) is 11.6 Å². The molecular formula is C15H10ClF4N5O. The van der Waals surface area contributed by atoms with E-state index >= 15 is 8.78 Å². The van der Waals surface area contributed by atoms with Crippen molar-refractivity contribution in [2.45, 2.75) is 18.1 Å². The average molecular weight is 388 g/mol. The van der Waals surface area contributed by atoms with E-state index in [1.807, 2.05) is 0 Å². The van der Waals surface area contributed by atoms with E-state index in [1.54, 1.807) is 0 Å². The Morgan fingerprint density at radius 1 is 1.15 bits per heavy atom. The summed E-state index contributed by atoms with van der Waals surface area (Å²) in [4.78, 5) is 3.53. The minimum atomic E-state index is -4.12. The topological polar surface area (TPSA) is 76.7 Å². The molecule has 6 nitrogen and oxygen atoms in total. The highest BCUT2D eigenvalue weighted by atomic mass is 35.5. The third kappa shape index (κ3) is 3.13. The third-order valence-electron chi connectivity index (χ3n) is 3.72. The zero-order chi connectivity index (χ0) is 18.9. The first-order valence-electron chi connectivity index (χ1n) is 7.12. The van der Waals surface area contributed by atoms with Crippen LogP contribution < -0.4 is 0 Å². The zero-order valence-electron chi connectivity index (χ0n) is 12.8. The lowest BCUT2D eigenvalue weighted by atomic mass is 9.84. The Balaban J connectivity index is 2.19. The second-order valence-electron chi connectivity index (χ2n) is 5.43. The van der Waals surface area contributed by atoms with Gasteiger partial charge in [0.05, 0.1) is 6.54 Å². The van der Waals surface area contributed by atoms with Gasteiger partial charge in [0.2, 0.25) is 0 Å². The van der Waals surface area contributed by atoms with Crippen LogP contribution in [0.25, 0.3) is 0 Å². The summed E-state index contributed by atoms with van der Waals surface area (Å²) < 4.78 is 58.7. The van der Waals surface area contributed by atoms with Crippen molar-refractivity contribution in [3.8, 4) is 0 Å². The number of aliphatic hydroxyl groups is 1. The molecule has 11 heteroatoms. The molecule has 1 N–H and O–H groups in total. The van der Waals surface area contributed by atoms with Gasteiger partial charge in [-0.3, -0.25) is 4.98 Å². The fraction of sp³-hybridized carbons (Fsp3) is 0.200. The molecule has 136 valence electrons. The smallest absolute Gasteiger partial charge is 0.323 e. The van der Waals surface area contributed by atoms with Crippen molar-refractivity contribution in [2.24, 2.45) is 0 Å². The molecule has 2 heterocycles. The Morgan fingerprint density at radius 3 is 2.54 bits per heavy atom. The van der Waals surface area contributed by atoms with Crippen LogP contribution in [0.1, 0.15) is 11.3 Å². The number of aromatic nitrogens is 5. The minimum Gasteiger partial charge on any atom is -0.377 e. The van der Waals surface area contributed by atoms with Crippen LogP contribution in [-0.4, -0.2) is 30.3 Å². The molecule has 1 unspecified atom stereocenters.